The largest absolute Gasteiger partial charge is 0.381 e. The van der Waals surface area contributed by atoms with Crippen molar-refractivity contribution < 1.29 is 4.74 Å². The Bertz CT molecular complexity index is 117. The molecule has 0 aromatic rings. The molecule has 0 aliphatic carbocycles. The summed E-state index contributed by atoms with van der Waals surface area (Å²) in [6, 6.07) is 0. The van der Waals surface area contributed by atoms with Crippen molar-refractivity contribution in [3.63, 3.8) is 0 Å². The van der Waals surface area contributed by atoms with E-state index in [1.165, 1.54) is 12.8 Å². The maximum atomic E-state index is 5.36. The summed E-state index contributed by atoms with van der Waals surface area (Å²) < 4.78 is 5.36. The highest BCUT2D eigenvalue weighted by Gasteiger charge is 2.34. The monoisotopic (exact) mass is 220 g/mol. The van der Waals surface area contributed by atoms with Gasteiger partial charge in [-0.15, -0.1) is 0 Å². The topological polar surface area (TPSA) is 9.23 Å². The Kier molecular flexibility index (Phi) is 3.38. The Morgan fingerprint density at radius 2 is 1.91 bits per heavy atom. The quantitative estimate of drug-likeness (QED) is 0.651. The molecule has 0 bridgehead atoms. The van der Waals surface area contributed by atoms with Gasteiger partial charge in [0, 0.05) is 18.5 Å². The Hall–Kier alpha value is 0.440. The first-order valence-electron chi connectivity index (χ1n) is 4.35. The van der Waals surface area contributed by atoms with Gasteiger partial charge in [-0.25, -0.2) is 0 Å². The number of alkyl halides is 1. The van der Waals surface area contributed by atoms with Crippen molar-refractivity contribution in [3.05, 3.63) is 0 Å². The molecule has 66 valence electrons. The fourth-order valence-corrected chi connectivity index (χ4v) is 2.85. The van der Waals surface area contributed by atoms with Gasteiger partial charge in [0.15, 0.2) is 0 Å². The molecule has 1 rings (SSSR count). The summed E-state index contributed by atoms with van der Waals surface area (Å²) in [4.78, 5) is 0. The minimum Gasteiger partial charge on any atom is -0.381 e. The molecule has 2 heteroatoms. The number of ether oxygens (including phenoxy) is 1. The third-order valence-corrected chi connectivity index (χ3v) is 4.10. The standard InChI is InChI=1S/C9H17BrO/c1-8(2)9(7-10)3-5-11-6-4-9/h8H,3-7H2,1-2H3. The summed E-state index contributed by atoms with van der Waals surface area (Å²) in [5, 5.41) is 1.13. The first-order valence-corrected chi connectivity index (χ1v) is 5.47. The molecule has 0 aromatic carbocycles. The average Bonchev–Trinajstić information content (AvgIpc) is 2.05. The normalized spacial score (nSPS) is 24.0. The minimum absolute atomic E-state index is 0.512. The molecule has 0 aromatic heterocycles. The van der Waals surface area contributed by atoms with Gasteiger partial charge in [0.1, 0.15) is 0 Å². The van der Waals surface area contributed by atoms with Gasteiger partial charge in [-0.1, -0.05) is 29.8 Å². The smallest absolute Gasteiger partial charge is 0.0471 e. The Morgan fingerprint density at radius 1 is 1.36 bits per heavy atom. The molecule has 0 N–H and O–H groups in total. The van der Waals surface area contributed by atoms with Crippen LogP contribution in [0, 0.1) is 11.3 Å². The zero-order valence-corrected chi connectivity index (χ0v) is 8.99. The number of hydrogen-bond acceptors (Lipinski definition) is 1. The lowest BCUT2D eigenvalue weighted by Crippen LogP contribution is -2.35. The number of halogens is 1. The second-order valence-electron chi connectivity index (χ2n) is 3.76. The van der Waals surface area contributed by atoms with Gasteiger partial charge < -0.3 is 4.74 Å². The van der Waals surface area contributed by atoms with Crippen LogP contribution in [0.4, 0.5) is 0 Å². The Morgan fingerprint density at radius 3 is 2.18 bits per heavy atom. The van der Waals surface area contributed by atoms with E-state index in [-0.39, 0.29) is 0 Å². The minimum atomic E-state index is 0.512. The van der Waals surface area contributed by atoms with Gasteiger partial charge in [-0.2, -0.15) is 0 Å². The van der Waals surface area contributed by atoms with E-state index >= 15 is 0 Å². The first-order chi connectivity index (χ1) is 5.21. The van der Waals surface area contributed by atoms with Crippen LogP contribution in [0.2, 0.25) is 0 Å². The molecule has 11 heavy (non-hydrogen) atoms. The lowest BCUT2D eigenvalue weighted by atomic mass is 9.73. The molecule has 0 saturated carbocycles. The lowest BCUT2D eigenvalue weighted by Gasteiger charge is -2.39. The molecule has 0 atom stereocenters. The van der Waals surface area contributed by atoms with Crippen LogP contribution in [0.3, 0.4) is 0 Å². The van der Waals surface area contributed by atoms with Crippen LogP contribution in [0.15, 0.2) is 0 Å². The summed E-state index contributed by atoms with van der Waals surface area (Å²) >= 11 is 3.61. The van der Waals surface area contributed by atoms with Gasteiger partial charge in [0.2, 0.25) is 0 Å². The maximum absolute atomic E-state index is 5.36. The third kappa shape index (κ3) is 1.97. The zero-order valence-electron chi connectivity index (χ0n) is 7.40. The fourth-order valence-electron chi connectivity index (χ4n) is 1.64. The molecule has 0 radical (unpaired) electrons. The highest BCUT2D eigenvalue weighted by Crippen LogP contribution is 2.39. The van der Waals surface area contributed by atoms with Crippen molar-refractivity contribution in [1.29, 1.82) is 0 Å². The third-order valence-electron chi connectivity index (χ3n) is 2.98. The van der Waals surface area contributed by atoms with E-state index in [9.17, 15) is 0 Å². The number of rotatable bonds is 2. The van der Waals surface area contributed by atoms with Gasteiger partial charge in [-0.05, 0) is 24.2 Å². The first kappa shape index (κ1) is 9.53. The van der Waals surface area contributed by atoms with Crippen LogP contribution in [0.25, 0.3) is 0 Å². The maximum Gasteiger partial charge on any atom is 0.0471 e. The van der Waals surface area contributed by atoms with Crippen LogP contribution in [-0.4, -0.2) is 18.5 Å². The van der Waals surface area contributed by atoms with Crippen LogP contribution < -0.4 is 0 Å². The molecule has 1 fully saturated rings. The zero-order chi connectivity index (χ0) is 8.32. The second kappa shape index (κ2) is 3.90. The average molecular weight is 221 g/mol. The molecule has 1 aliphatic heterocycles. The Balaban J connectivity index is 2.57. The van der Waals surface area contributed by atoms with Gasteiger partial charge >= 0.3 is 0 Å². The summed E-state index contributed by atoms with van der Waals surface area (Å²) in [6.07, 6.45) is 2.44. The molecule has 0 amide bonds. The van der Waals surface area contributed by atoms with Gasteiger partial charge in [-0.3, -0.25) is 0 Å². The molecular weight excluding hydrogens is 204 g/mol. The van der Waals surface area contributed by atoms with Gasteiger partial charge in [0.25, 0.3) is 0 Å². The Labute approximate surface area is 77.6 Å². The molecule has 1 aliphatic rings. The second-order valence-corrected chi connectivity index (χ2v) is 4.32. The molecule has 1 heterocycles. The van der Waals surface area contributed by atoms with Gasteiger partial charge in [0.05, 0.1) is 0 Å². The predicted molar refractivity (Wildman–Crippen MR) is 51.1 cm³/mol. The van der Waals surface area contributed by atoms with E-state index in [0.717, 1.165) is 24.5 Å². The lowest BCUT2D eigenvalue weighted by molar-refractivity contribution is 0.00404. The predicted octanol–water partition coefficient (Wildman–Crippen LogP) is 2.83. The summed E-state index contributed by atoms with van der Waals surface area (Å²) in [5.74, 6) is 0.769. The van der Waals surface area contributed by atoms with Crippen LogP contribution in [0.5, 0.6) is 0 Å². The highest BCUT2D eigenvalue weighted by atomic mass is 79.9. The van der Waals surface area contributed by atoms with Crippen molar-refractivity contribution in [2.75, 3.05) is 18.5 Å². The van der Waals surface area contributed by atoms with Crippen molar-refractivity contribution in [2.24, 2.45) is 11.3 Å². The molecule has 1 nitrogen and oxygen atoms in total. The van der Waals surface area contributed by atoms with Crippen LogP contribution in [0.1, 0.15) is 26.7 Å². The van der Waals surface area contributed by atoms with E-state index < -0.39 is 0 Å². The summed E-state index contributed by atoms with van der Waals surface area (Å²) in [5.41, 5.74) is 0.512. The van der Waals surface area contributed by atoms with E-state index in [1.807, 2.05) is 0 Å². The number of hydrogen-bond donors (Lipinski definition) is 0. The van der Waals surface area contributed by atoms with Crippen molar-refractivity contribution >= 4 is 15.9 Å². The van der Waals surface area contributed by atoms with Crippen LogP contribution in [-0.2, 0) is 4.74 Å². The van der Waals surface area contributed by atoms with E-state index in [4.69, 9.17) is 4.74 Å². The summed E-state index contributed by atoms with van der Waals surface area (Å²) in [6.45, 7) is 6.52. The van der Waals surface area contributed by atoms with E-state index in [1.54, 1.807) is 0 Å². The van der Waals surface area contributed by atoms with E-state index in [2.05, 4.69) is 29.8 Å². The SMILES string of the molecule is CC(C)C1(CBr)CCOCC1. The highest BCUT2D eigenvalue weighted by molar-refractivity contribution is 9.09. The molecule has 0 spiro atoms. The molecular formula is C9H17BrO. The van der Waals surface area contributed by atoms with Crippen molar-refractivity contribution in [3.8, 4) is 0 Å². The fraction of sp³-hybridized carbons (Fsp3) is 1.00. The van der Waals surface area contributed by atoms with Crippen molar-refractivity contribution in [2.45, 2.75) is 26.7 Å². The molecule has 0 unspecified atom stereocenters. The molecule has 1 saturated heterocycles. The van der Waals surface area contributed by atoms with E-state index in [0.29, 0.717) is 5.41 Å². The summed E-state index contributed by atoms with van der Waals surface area (Å²) in [7, 11) is 0. The van der Waals surface area contributed by atoms with Crippen LogP contribution >= 0.6 is 15.9 Å². The van der Waals surface area contributed by atoms with Crippen molar-refractivity contribution in [1.82, 2.24) is 0 Å².